The monoisotopic (exact) mass is 342 g/mol. The third kappa shape index (κ3) is 4.60. The minimum Gasteiger partial charge on any atom is -0.492 e. The van der Waals surface area contributed by atoms with E-state index >= 15 is 0 Å². The zero-order chi connectivity index (χ0) is 17.8. The number of hydrogen-bond donors (Lipinski definition) is 1. The van der Waals surface area contributed by atoms with Crippen molar-refractivity contribution in [1.29, 1.82) is 0 Å². The lowest BCUT2D eigenvalue weighted by molar-refractivity contribution is 0.102. The topological polar surface area (TPSA) is 59.4 Å². The maximum absolute atomic E-state index is 12.3. The van der Waals surface area contributed by atoms with Gasteiger partial charge in [0.15, 0.2) is 0 Å². The van der Waals surface area contributed by atoms with Crippen LogP contribution in [0.25, 0.3) is 0 Å². The molecule has 1 aromatic carbocycles. The zero-order valence-corrected chi connectivity index (χ0v) is 15.2. The van der Waals surface area contributed by atoms with E-state index in [1.54, 1.807) is 17.9 Å². The van der Waals surface area contributed by atoms with Crippen molar-refractivity contribution in [3.63, 3.8) is 0 Å². The van der Waals surface area contributed by atoms with Crippen molar-refractivity contribution in [3.05, 3.63) is 41.7 Å². The summed E-state index contributed by atoms with van der Waals surface area (Å²) < 4.78 is 7.44. The number of anilines is 1. The number of carbonyl (C=O) groups is 1. The van der Waals surface area contributed by atoms with E-state index in [9.17, 15) is 4.79 Å². The first-order valence-electron chi connectivity index (χ1n) is 8.78. The number of aryl methyl sites for hydroxylation is 2. The molecule has 1 fully saturated rings. The Hall–Kier alpha value is -2.34. The van der Waals surface area contributed by atoms with Gasteiger partial charge in [-0.05, 0) is 50.1 Å². The number of carbonyl (C=O) groups excluding carboxylic acids is 1. The highest BCUT2D eigenvalue weighted by molar-refractivity contribution is 6.04. The smallest absolute Gasteiger partial charge is 0.259 e. The molecule has 1 aromatic heterocycles. The zero-order valence-electron chi connectivity index (χ0n) is 15.2. The molecule has 0 radical (unpaired) electrons. The second-order valence-corrected chi connectivity index (χ2v) is 6.82. The van der Waals surface area contributed by atoms with Crippen molar-refractivity contribution >= 4 is 11.6 Å². The number of aromatic nitrogens is 2. The number of nitrogens with zero attached hydrogens (tertiary/aromatic N) is 3. The SMILES string of the molecule is Cc1nn(C)cc1C(=O)Nc1ccc(OCCN2CCC(C)C2)cc1. The molecule has 1 aliphatic heterocycles. The van der Waals surface area contributed by atoms with Crippen LogP contribution in [0.2, 0.25) is 0 Å². The number of likely N-dealkylation sites (tertiary alicyclic amines) is 1. The van der Waals surface area contributed by atoms with Crippen molar-refractivity contribution in [2.45, 2.75) is 20.3 Å². The van der Waals surface area contributed by atoms with Gasteiger partial charge in [0.2, 0.25) is 0 Å². The van der Waals surface area contributed by atoms with Crippen LogP contribution < -0.4 is 10.1 Å². The van der Waals surface area contributed by atoms with Crippen molar-refractivity contribution in [3.8, 4) is 5.75 Å². The summed E-state index contributed by atoms with van der Waals surface area (Å²) in [5, 5.41) is 7.08. The number of amides is 1. The van der Waals surface area contributed by atoms with Crippen LogP contribution in [-0.2, 0) is 7.05 Å². The van der Waals surface area contributed by atoms with E-state index in [4.69, 9.17) is 4.74 Å². The van der Waals surface area contributed by atoms with Gasteiger partial charge in [-0.2, -0.15) is 5.10 Å². The largest absolute Gasteiger partial charge is 0.492 e. The van der Waals surface area contributed by atoms with Crippen LogP contribution >= 0.6 is 0 Å². The molecular weight excluding hydrogens is 316 g/mol. The fourth-order valence-corrected chi connectivity index (χ4v) is 3.18. The fourth-order valence-electron chi connectivity index (χ4n) is 3.18. The Kier molecular flexibility index (Phi) is 5.38. The van der Waals surface area contributed by atoms with E-state index < -0.39 is 0 Å². The Bertz CT molecular complexity index is 724. The Morgan fingerprint density at radius 2 is 2.12 bits per heavy atom. The van der Waals surface area contributed by atoms with E-state index in [0.29, 0.717) is 12.2 Å². The molecule has 0 saturated carbocycles. The van der Waals surface area contributed by atoms with Gasteiger partial charge in [0.1, 0.15) is 12.4 Å². The Morgan fingerprint density at radius 1 is 1.36 bits per heavy atom. The Balaban J connectivity index is 1.48. The van der Waals surface area contributed by atoms with Crippen molar-refractivity contribution in [1.82, 2.24) is 14.7 Å². The van der Waals surface area contributed by atoms with Gasteiger partial charge in [0, 0.05) is 32.0 Å². The van der Waals surface area contributed by atoms with E-state index in [1.165, 1.54) is 19.5 Å². The van der Waals surface area contributed by atoms with Gasteiger partial charge in [-0.25, -0.2) is 0 Å². The highest BCUT2D eigenvalue weighted by Gasteiger charge is 2.18. The van der Waals surface area contributed by atoms with Crippen molar-refractivity contribution < 1.29 is 9.53 Å². The van der Waals surface area contributed by atoms with Gasteiger partial charge in [-0.1, -0.05) is 6.92 Å². The maximum atomic E-state index is 12.3. The van der Waals surface area contributed by atoms with E-state index in [2.05, 4.69) is 22.2 Å². The third-order valence-electron chi connectivity index (χ3n) is 4.55. The normalized spacial score (nSPS) is 17.6. The summed E-state index contributed by atoms with van der Waals surface area (Å²) in [7, 11) is 1.80. The summed E-state index contributed by atoms with van der Waals surface area (Å²) in [6.07, 6.45) is 3.01. The van der Waals surface area contributed by atoms with Crippen molar-refractivity contribution in [2.24, 2.45) is 13.0 Å². The highest BCUT2D eigenvalue weighted by Crippen LogP contribution is 2.18. The van der Waals surface area contributed by atoms with Gasteiger partial charge in [0.05, 0.1) is 11.3 Å². The summed E-state index contributed by atoms with van der Waals surface area (Å²) in [5.74, 6) is 1.47. The van der Waals surface area contributed by atoms with Crippen LogP contribution in [0.5, 0.6) is 5.75 Å². The molecule has 0 aliphatic carbocycles. The Labute approximate surface area is 148 Å². The van der Waals surface area contributed by atoms with Gasteiger partial charge < -0.3 is 10.1 Å². The first kappa shape index (κ1) is 17.5. The summed E-state index contributed by atoms with van der Waals surface area (Å²) in [5.41, 5.74) is 2.05. The predicted octanol–water partition coefficient (Wildman–Crippen LogP) is 2.70. The number of ether oxygens (including phenoxy) is 1. The number of nitrogens with one attached hydrogen (secondary N) is 1. The molecule has 2 aromatic rings. The number of benzene rings is 1. The van der Waals surface area contributed by atoms with Gasteiger partial charge in [-0.3, -0.25) is 14.4 Å². The molecule has 134 valence electrons. The molecule has 6 heteroatoms. The second-order valence-electron chi connectivity index (χ2n) is 6.82. The summed E-state index contributed by atoms with van der Waals surface area (Å²) in [6.45, 7) is 8.11. The molecule has 1 unspecified atom stereocenters. The maximum Gasteiger partial charge on any atom is 0.259 e. The van der Waals surface area contributed by atoms with E-state index in [1.807, 2.05) is 31.2 Å². The molecule has 25 heavy (non-hydrogen) atoms. The minimum absolute atomic E-state index is 0.151. The molecule has 1 amide bonds. The molecule has 1 N–H and O–H groups in total. The quantitative estimate of drug-likeness (QED) is 0.877. The predicted molar refractivity (Wildman–Crippen MR) is 98.1 cm³/mol. The molecule has 1 aliphatic rings. The molecule has 1 atom stereocenters. The molecule has 0 spiro atoms. The van der Waals surface area contributed by atoms with Crippen LogP contribution in [0.1, 0.15) is 29.4 Å². The molecule has 1 saturated heterocycles. The van der Waals surface area contributed by atoms with Crippen LogP contribution in [0, 0.1) is 12.8 Å². The van der Waals surface area contributed by atoms with Gasteiger partial charge in [0.25, 0.3) is 5.91 Å². The second kappa shape index (κ2) is 7.70. The fraction of sp³-hybridized carbons (Fsp3) is 0.474. The van der Waals surface area contributed by atoms with Crippen LogP contribution in [0.15, 0.2) is 30.5 Å². The number of rotatable bonds is 6. The molecule has 2 heterocycles. The molecule has 6 nitrogen and oxygen atoms in total. The third-order valence-corrected chi connectivity index (χ3v) is 4.55. The number of hydrogen-bond acceptors (Lipinski definition) is 4. The summed E-state index contributed by atoms with van der Waals surface area (Å²) >= 11 is 0. The van der Waals surface area contributed by atoms with Crippen LogP contribution in [0.3, 0.4) is 0 Å². The lowest BCUT2D eigenvalue weighted by Gasteiger charge is -2.15. The Morgan fingerprint density at radius 3 is 2.72 bits per heavy atom. The van der Waals surface area contributed by atoms with Gasteiger partial charge >= 0.3 is 0 Å². The summed E-state index contributed by atoms with van der Waals surface area (Å²) in [6, 6.07) is 7.49. The summed E-state index contributed by atoms with van der Waals surface area (Å²) in [4.78, 5) is 14.7. The molecule has 0 bridgehead atoms. The molecular formula is C19H26N4O2. The first-order chi connectivity index (χ1) is 12.0. The van der Waals surface area contributed by atoms with E-state index in [0.717, 1.165) is 29.6 Å². The van der Waals surface area contributed by atoms with Gasteiger partial charge in [-0.15, -0.1) is 0 Å². The van der Waals surface area contributed by atoms with Crippen molar-refractivity contribution in [2.75, 3.05) is 31.6 Å². The van der Waals surface area contributed by atoms with Crippen LogP contribution in [-0.4, -0.2) is 46.8 Å². The first-order valence-corrected chi connectivity index (χ1v) is 8.78. The highest BCUT2D eigenvalue weighted by atomic mass is 16.5. The lowest BCUT2D eigenvalue weighted by atomic mass is 10.2. The average molecular weight is 342 g/mol. The average Bonchev–Trinajstić information content (AvgIpc) is 3.14. The van der Waals surface area contributed by atoms with Crippen LogP contribution in [0.4, 0.5) is 5.69 Å². The lowest BCUT2D eigenvalue weighted by Crippen LogP contribution is -2.25. The molecule has 3 rings (SSSR count). The minimum atomic E-state index is -0.151. The van der Waals surface area contributed by atoms with E-state index in [-0.39, 0.29) is 5.91 Å². The standard InChI is InChI=1S/C19H26N4O2/c1-14-8-9-23(12-14)10-11-25-17-6-4-16(5-7-17)20-19(24)18-13-22(3)21-15(18)2/h4-7,13-14H,8-12H2,1-3H3,(H,20,24).